The molecule has 0 N–H and O–H groups in total. The molecule has 0 aliphatic heterocycles. The zero-order valence-corrected chi connectivity index (χ0v) is 19.6. The molecule has 5 aromatic rings. The van der Waals surface area contributed by atoms with Crippen molar-refractivity contribution in [1.82, 2.24) is 0 Å². The molecule has 0 saturated heterocycles. The molecule has 0 fully saturated rings. The van der Waals surface area contributed by atoms with Crippen molar-refractivity contribution in [3.05, 3.63) is 96.1 Å². The van der Waals surface area contributed by atoms with Crippen LogP contribution in [0.2, 0.25) is 0 Å². The normalized spacial score (nSPS) is 13.1. The minimum atomic E-state index is 0.0137. The van der Waals surface area contributed by atoms with Gasteiger partial charge in [0, 0.05) is 5.41 Å². The summed E-state index contributed by atoms with van der Waals surface area (Å²) >= 11 is 0. The lowest BCUT2D eigenvalue weighted by Crippen LogP contribution is -2.14. The smallest absolute Gasteiger partial charge is 0.0159 e. The Morgan fingerprint density at radius 3 is 1.74 bits per heavy atom. The van der Waals surface area contributed by atoms with E-state index >= 15 is 0 Å². The molecule has 1 aliphatic rings. The highest BCUT2D eigenvalue weighted by Crippen LogP contribution is 2.52. The van der Waals surface area contributed by atoms with E-state index in [9.17, 15) is 0 Å². The monoisotopic (exact) mass is 404 g/mol. The van der Waals surface area contributed by atoms with Crippen LogP contribution >= 0.6 is 0 Å². The molecule has 6 rings (SSSR count). The Kier molecular flexibility index (Phi) is 5.58. The van der Waals surface area contributed by atoms with Crippen LogP contribution in [0.3, 0.4) is 0 Å². The summed E-state index contributed by atoms with van der Waals surface area (Å²) in [4.78, 5) is 0. The van der Waals surface area contributed by atoms with E-state index in [1.807, 2.05) is 27.7 Å². The van der Waals surface area contributed by atoms with Crippen LogP contribution in [-0.4, -0.2) is 0 Å². The Bertz CT molecular complexity index is 1390. The average molecular weight is 405 g/mol. The molecule has 0 heteroatoms. The fourth-order valence-electron chi connectivity index (χ4n) is 5.01. The SMILES string of the molecule is CC.CC.CC1(C)c2cc3c(ccc4ccccc43)cc2-c2c1ccc1ccccc21. The van der Waals surface area contributed by atoms with E-state index in [0.29, 0.717) is 0 Å². The van der Waals surface area contributed by atoms with Gasteiger partial charge in [-0.15, -0.1) is 0 Å². The highest BCUT2D eigenvalue weighted by molar-refractivity contribution is 6.11. The summed E-state index contributed by atoms with van der Waals surface area (Å²) in [7, 11) is 0. The molecule has 0 atom stereocenters. The number of benzene rings is 5. The van der Waals surface area contributed by atoms with Gasteiger partial charge in [0.1, 0.15) is 0 Å². The van der Waals surface area contributed by atoms with Gasteiger partial charge in [0.2, 0.25) is 0 Å². The van der Waals surface area contributed by atoms with E-state index in [2.05, 4.69) is 98.8 Å². The molecule has 156 valence electrons. The predicted molar refractivity (Wildman–Crippen MR) is 139 cm³/mol. The van der Waals surface area contributed by atoms with Crippen molar-refractivity contribution >= 4 is 32.3 Å². The standard InChI is InChI=1S/C27H20.2C2H6/c1-27(2)24-14-13-18-8-4-6-10-21(18)26(24)23-15-19-12-11-17-7-3-5-9-20(17)22(19)16-25(23)27;2*1-2/h3-16H,1-2H3;2*1-2H3. The van der Waals surface area contributed by atoms with Crippen LogP contribution in [0.15, 0.2) is 84.9 Å². The van der Waals surface area contributed by atoms with Crippen molar-refractivity contribution in [1.29, 1.82) is 0 Å². The Morgan fingerprint density at radius 1 is 0.484 bits per heavy atom. The molecule has 31 heavy (non-hydrogen) atoms. The second-order valence-electron chi connectivity index (χ2n) is 8.24. The molecule has 0 aromatic heterocycles. The first-order valence-electron chi connectivity index (χ1n) is 11.6. The van der Waals surface area contributed by atoms with E-state index in [4.69, 9.17) is 0 Å². The van der Waals surface area contributed by atoms with Gasteiger partial charge in [-0.05, 0) is 66.7 Å². The van der Waals surface area contributed by atoms with Gasteiger partial charge >= 0.3 is 0 Å². The number of hydrogen-bond acceptors (Lipinski definition) is 0. The quantitative estimate of drug-likeness (QED) is 0.225. The lowest BCUT2D eigenvalue weighted by molar-refractivity contribution is 0.662. The van der Waals surface area contributed by atoms with E-state index in [0.717, 1.165) is 0 Å². The van der Waals surface area contributed by atoms with Gasteiger partial charge in [-0.1, -0.05) is 114 Å². The Morgan fingerprint density at radius 2 is 1.03 bits per heavy atom. The zero-order chi connectivity index (χ0) is 22.2. The summed E-state index contributed by atoms with van der Waals surface area (Å²) in [6.07, 6.45) is 0. The van der Waals surface area contributed by atoms with E-state index < -0.39 is 0 Å². The molecule has 5 aromatic carbocycles. The van der Waals surface area contributed by atoms with Crippen LogP contribution in [-0.2, 0) is 5.41 Å². The van der Waals surface area contributed by atoms with Crippen LogP contribution < -0.4 is 0 Å². The highest BCUT2D eigenvalue weighted by atomic mass is 14.4. The van der Waals surface area contributed by atoms with Crippen LogP contribution in [0.1, 0.15) is 52.7 Å². The number of fused-ring (bicyclic) bond motifs is 8. The predicted octanol–water partition coefficient (Wildman–Crippen LogP) is 9.50. The molecule has 1 aliphatic carbocycles. The summed E-state index contributed by atoms with van der Waals surface area (Å²) in [5.41, 5.74) is 5.71. The van der Waals surface area contributed by atoms with Crippen LogP contribution in [0.5, 0.6) is 0 Å². The van der Waals surface area contributed by atoms with E-state index in [1.54, 1.807) is 0 Å². The first kappa shape index (κ1) is 21.1. The molecule has 0 saturated carbocycles. The number of rotatable bonds is 0. The van der Waals surface area contributed by atoms with Gasteiger partial charge in [0.05, 0.1) is 0 Å². The molecule has 0 nitrogen and oxygen atoms in total. The summed E-state index contributed by atoms with van der Waals surface area (Å²) in [6.45, 7) is 12.7. The minimum Gasteiger partial charge on any atom is -0.0683 e. The maximum Gasteiger partial charge on any atom is 0.0159 e. The van der Waals surface area contributed by atoms with Crippen molar-refractivity contribution in [3.63, 3.8) is 0 Å². The van der Waals surface area contributed by atoms with Crippen molar-refractivity contribution in [2.75, 3.05) is 0 Å². The largest absolute Gasteiger partial charge is 0.0683 e. The van der Waals surface area contributed by atoms with Gasteiger partial charge < -0.3 is 0 Å². The molecule has 0 bridgehead atoms. The highest BCUT2D eigenvalue weighted by Gasteiger charge is 2.36. The molecule has 0 heterocycles. The molecular formula is C31H32. The molecule has 0 spiro atoms. The van der Waals surface area contributed by atoms with Gasteiger partial charge in [-0.2, -0.15) is 0 Å². The van der Waals surface area contributed by atoms with Crippen LogP contribution in [0, 0.1) is 0 Å². The van der Waals surface area contributed by atoms with Crippen LogP contribution in [0.25, 0.3) is 43.4 Å². The Labute approximate surface area is 186 Å². The second kappa shape index (κ2) is 8.19. The summed E-state index contributed by atoms with van der Waals surface area (Å²) < 4.78 is 0. The third kappa shape index (κ3) is 3.13. The third-order valence-electron chi connectivity index (χ3n) is 6.43. The van der Waals surface area contributed by atoms with Gasteiger partial charge in [0.15, 0.2) is 0 Å². The maximum absolute atomic E-state index is 2.45. The van der Waals surface area contributed by atoms with Gasteiger partial charge in [0.25, 0.3) is 0 Å². The van der Waals surface area contributed by atoms with Gasteiger partial charge in [-0.3, -0.25) is 0 Å². The summed E-state index contributed by atoms with van der Waals surface area (Å²) in [5.74, 6) is 0. The second-order valence-corrected chi connectivity index (χ2v) is 8.24. The molecular weight excluding hydrogens is 372 g/mol. The first-order valence-corrected chi connectivity index (χ1v) is 11.6. The average Bonchev–Trinajstić information content (AvgIpc) is 3.07. The summed E-state index contributed by atoms with van der Waals surface area (Å²) in [6, 6.07) is 31.5. The fraction of sp³-hybridized carbons (Fsp3) is 0.226. The topological polar surface area (TPSA) is 0 Å². The third-order valence-corrected chi connectivity index (χ3v) is 6.43. The Hall–Kier alpha value is -3.12. The van der Waals surface area contributed by atoms with Crippen molar-refractivity contribution in [2.24, 2.45) is 0 Å². The molecule has 0 unspecified atom stereocenters. The molecule has 0 radical (unpaired) electrons. The van der Waals surface area contributed by atoms with Crippen molar-refractivity contribution in [3.8, 4) is 11.1 Å². The fourth-order valence-corrected chi connectivity index (χ4v) is 5.01. The first-order chi connectivity index (χ1) is 15.1. The lowest BCUT2D eigenvalue weighted by Gasteiger charge is -2.22. The summed E-state index contributed by atoms with van der Waals surface area (Å²) in [5, 5.41) is 8.01. The van der Waals surface area contributed by atoms with E-state index in [-0.39, 0.29) is 5.41 Å². The lowest BCUT2D eigenvalue weighted by atomic mass is 9.81. The molecule has 0 amide bonds. The van der Waals surface area contributed by atoms with Crippen molar-refractivity contribution in [2.45, 2.75) is 47.0 Å². The van der Waals surface area contributed by atoms with Crippen LogP contribution in [0.4, 0.5) is 0 Å². The Balaban J connectivity index is 0.000000549. The number of hydrogen-bond donors (Lipinski definition) is 0. The minimum absolute atomic E-state index is 0.0137. The van der Waals surface area contributed by atoms with Gasteiger partial charge in [-0.25, -0.2) is 0 Å². The maximum atomic E-state index is 2.45. The van der Waals surface area contributed by atoms with Crippen molar-refractivity contribution < 1.29 is 0 Å². The zero-order valence-electron chi connectivity index (χ0n) is 19.6. The van der Waals surface area contributed by atoms with E-state index in [1.165, 1.54) is 54.6 Å².